The number of hydrogen-bond acceptors (Lipinski definition) is 5. The Morgan fingerprint density at radius 2 is 1.72 bits per heavy atom. The van der Waals surface area contributed by atoms with Gasteiger partial charge in [0.15, 0.2) is 0 Å². The van der Waals surface area contributed by atoms with Crippen molar-refractivity contribution in [3.05, 3.63) is 64.7 Å². The average molecular weight is 493 g/mol. The van der Waals surface area contributed by atoms with Gasteiger partial charge in [0.1, 0.15) is 11.6 Å². The molecule has 1 unspecified atom stereocenters. The number of carbonyl (C=O) groups excluding carboxylic acids is 1. The van der Waals surface area contributed by atoms with Crippen LogP contribution in [0.4, 0.5) is 0 Å². The zero-order valence-corrected chi connectivity index (χ0v) is 22.4. The zero-order chi connectivity index (χ0) is 26.1. The number of methoxy groups -OCH3 is 1. The number of rotatable bonds is 13. The molecule has 0 saturated carbocycles. The highest BCUT2D eigenvalue weighted by atomic mass is 16.5. The Morgan fingerprint density at radius 1 is 1.00 bits per heavy atom. The second-order valence-electron chi connectivity index (χ2n) is 9.45. The number of hydrogen-bond donors (Lipinski definition) is 0. The van der Waals surface area contributed by atoms with Crippen molar-refractivity contribution in [3.63, 3.8) is 0 Å². The summed E-state index contributed by atoms with van der Waals surface area (Å²) in [7, 11) is 5.63. The summed E-state index contributed by atoms with van der Waals surface area (Å²) in [6.45, 7) is 5.53. The van der Waals surface area contributed by atoms with Crippen LogP contribution in [0.25, 0.3) is 16.6 Å². The summed E-state index contributed by atoms with van der Waals surface area (Å²) in [5.74, 6) is 1.42. The van der Waals surface area contributed by atoms with E-state index in [4.69, 9.17) is 9.72 Å². The minimum absolute atomic E-state index is 0.114. The summed E-state index contributed by atoms with van der Waals surface area (Å²) in [5.41, 5.74) is 1.21. The van der Waals surface area contributed by atoms with Crippen LogP contribution in [0.3, 0.4) is 0 Å². The molecule has 0 spiro atoms. The third kappa shape index (κ3) is 6.52. The summed E-state index contributed by atoms with van der Waals surface area (Å²) < 4.78 is 6.99. The fourth-order valence-electron chi connectivity index (χ4n) is 4.51. The third-order valence-electron chi connectivity index (χ3n) is 6.55. The quantitative estimate of drug-likeness (QED) is 0.307. The molecule has 3 aromatic rings. The number of unbranched alkanes of at least 4 members (excludes halogenated alkanes) is 3. The van der Waals surface area contributed by atoms with E-state index in [1.807, 2.05) is 61.5 Å². The van der Waals surface area contributed by atoms with Crippen molar-refractivity contribution < 1.29 is 9.53 Å². The van der Waals surface area contributed by atoms with Crippen molar-refractivity contribution in [2.45, 2.75) is 58.4 Å². The van der Waals surface area contributed by atoms with Gasteiger partial charge in [-0.25, -0.2) is 4.98 Å². The summed E-state index contributed by atoms with van der Waals surface area (Å²) in [6, 6.07) is 14.5. The standard InChI is InChI=1S/C29H40N4O3/c1-6-8-9-10-15-27(34)32(21-20-31(3)4)26(7-2)28-30-25-14-12-11-13-24(25)29(35)33(28)22-16-18-23(36-5)19-17-22/h11-14,16-19,26H,6-10,15,20-21H2,1-5H3. The average Bonchev–Trinajstić information content (AvgIpc) is 2.89. The molecule has 0 aliphatic rings. The Balaban J connectivity index is 2.14. The van der Waals surface area contributed by atoms with Crippen LogP contribution in [0.2, 0.25) is 0 Å². The summed E-state index contributed by atoms with van der Waals surface area (Å²) in [6.07, 6.45) is 5.33. The van der Waals surface area contributed by atoms with Crippen LogP contribution >= 0.6 is 0 Å². The van der Waals surface area contributed by atoms with Crippen LogP contribution in [0.5, 0.6) is 5.75 Å². The minimum Gasteiger partial charge on any atom is -0.497 e. The number of benzene rings is 2. The molecule has 1 atom stereocenters. The Kier molecular flexibility index (Phi) is 10.1. The largest absolute Gasteiger partial charge is 0.497 e. The van der Waals surface area contributed by atoms with Crippen molar-refractivity contribution in [2.75, 3.05) is 34.3 Å². The van der Waals surface area contributed by atoms with Gasteiger partial charge in [-0.15, -0.1) is 0 Å². The van der Waals surface area contributed by atoms with Crippen molar-refractivity contribution >= 4 is 16.8 Å². The van der Waals surface area contributed by atoms with E-state index >= 15 is 0 Å². The maximum absolute atomic E-state index is 13.8. The molecule has 194 valence electrons. The molecule has 1 aromatic heterocycles. The van der Waals surface area contributed by atoms with Gasteiger partial charge in [0.2, 0.25) is 5.91 Å². The lowest BCUT2D eigenvalue weighted by Crippen LogP contribution is -2.41. The number of ether oxygens (including phenoxy) is 1. The molecule has 7 heteroatoms. The highest BCUT2D eigenvalue weighted by molar-refractivity contribution is 5.79. The second-order valence-corrected chi connectivity index (χ2v) is 9.45. The van der Waals surface area contributed by atoms with Gasteiger partial charge >= 0.3 is 0 Å². The lowest BCUT2D eigenvalue weighted by Gasteiger charge is -2.33. The minimum atomic E-state index is -0.331. The monoisotopic (exact) mass is 492 g/mol. The molecule has 0 bridgehead atoms. The van der Waals surface area contributed by atoms with Crippen LogP contribution in [0, 0.1) is 0 Å². The SMILES string of the molecule is CCCCCCC(=O)N(CCN(C)C)C(CC)c1nc2ccccc2c(=O)n1-c1ccc(OC)cc1. The first-order chi connectivity index (χ1) is 17.4. The zero-order valence-electron chi connectivity index (χ0n) is 22.4. The highest BCUT2D eigenvalue weighted by Crippen LogP contribution is 2.27. The Bertz CT molecular complexity index is 1190. The Hall–Kier alpha value is -3.19. The van der Waals surface area contributed by atoms with Gasteiger partial charge in [0.25, 0.3) is 5.56 Å². The molecular weight excluding hydrogens is 452 g/mol. The van der Waals surface area contributed by atoms with E-state index in [9.17, 15) is 9.59 Å². The van der Waals surface area contributed by atoms with Gasteiger partial charge in [0.05, 0.1) is 29.7 Å². The van der Waals surface area contributed by atoms with E-state index in [1.165, 1.54) is 0 Å². The number of para-hydroxylation sites is 1. The lowest BCUT2D eigenvalue weighted by atomic mass is 10.1. The molecule has 7 nitrogen and oxygen atoms in total. The van der Waals surface area contributed by atoms with Gasteiger partial charge in [-0.3, -0.25) is 14.2 Å². The molecule has 0 aliphatic carbocycles. The number of likely N-dealkylation sites (N-methyl/N-ethyl adjacent to an activating group) is 1. The van der Waals surface area contributed by atoms with Crippen LogP contribution < -0.4 is 10.3 Å². The third-order valence-corrected chi connectivity index (χ3v) is 6.55. The molecule has 1 heterocycles. The molecular formula is C29H40N4O3. The van der Waals surface area contributed by atoms with Crippen molar-refractivity contribution in [2.24, 2.45) is 0 Å². The van der Waals surface area contributed by atoms with E-state index < -0.39 is 0 Å². The first kappa shape index (κ1) is 27.4. The number of aromatic nitrogens is 2. The molecule has 0 radical (unpaired) electrons. The maximum Gasteiger partial charge on any atom is 0.266 e. The predicted octanol–water partition coefficient (Wildman–Crippen LogP) is 5.21. The van der Waals surface area contributed by atoms with E-state index in [2.05, 4.69) is 18.7 Å². The molecule has 0 saturated heterocycles. The van der Waals surface area contributed by atoms with Crippen LogP contribution in [0.15, 0.2) is 53.3 Å². The summed E-state index contributed by atoms with van der Waals surface area (Å²) in [4.78, 5) is 36.4. The lowest BCUT2D eigenvalue weighted by molar-refractivity contribution is -0.134. The van der Waals surface area contributed by atoms with Gasteiger partial charge in [0, 0.05) is 19.5 Å². The number of nitrogens with zero attached hydrogens (tertiary/aromatic N) is 4. The molecule has 0 aliphatic heterocycles. The number of amides is 1. The molecule has 0 fully saturated rings. The fraction of sp³-hybridized carbons (Fsp3) is 0.483. The van der Waals surface area contributed by atoms with Crippen molar-refractivity contribution in [1.29, 1.82) is 0 Å². The topological polar surface area (TPSA) is 67.7 Å². The van der Waals surface area contributed by atoms with Gasteiger partial charge < -0.3 is 14.5 Å². The highest BCUT2D eigenvalue weighted by Gasteiger charge is 2.28. The Morgan fingerprint density at radius 3 is 2.36 bits per heavy atom. The molecule has 2 aromatic carbocycles. The smallest absolute Gasteiger partial charge is 0.266 e. The van der Waals surface area contributed by atoms with Crippen LogP contribution in [-0.2, 0) is 4.79 Å². The molecule has 1 amide bonds. The molecule has 3 rings (SSSR count). The van der Waals surface area contributed by atoms with E-state index in [0.717, 1.165) is 32.2 Å². The first-order valence-corrected chi connectivity index (χ1v) is 13.0. The van der Waals surface area contributed by atoms with E-state index in [1.54, 1.807) is 17.7 Å². The maximum atomic E-state index is 13.8. The molecule has 0 N–H and O–H groups in total. The van der Waals surface area contributed by atoms with Gasteiger partial charge in [-0.05, 0) is 63.3 Å². The number of carbonyl (C=O) groups is 1. The van der Waals surface area contributed by atoms with Crippen LogP contribution in [-0.4, -0.2) is 59.6 Å². The molecule has 36 heavy (non-hydrogen) atoms. The Labute approximate surface area is 214 Å². The fourth-order valence-corrected chi connectivity index (χ4v) is 4.51. The predicted molar refractivity (Wildman–Crippen MR) is 146 cm³/mol. The van der Waals surface area contributed by atoms with Crippen LogP contribution in [0.1, 0.15) is 64.2 Å². The normalized spacial score (nSPS) is 12.2. The van der Waals surface area contributed by atoms with E-state index in [0.29, 0.717) is 47.6 Å². The van der Waals surface area contributed by atoms with Gasteiger partial charge in [-0.2, -0.15) is 0 Å². The second kappa shape index (κ2) is 13.2. The summed E-state index contributed by atoms with van der Waals surface area (Å²) in [5, 5.41) is 0.553. The van der Waals surface area contributed by atoms with Crippen molar-refractivity contribution in [3.8, 4) is 11.4 Å². The first-order valence-electron chi connectivity index (χ1n) is 13.0. The van der Waals surface area contributed by atoms with Crippen molar-refractivity contribution in [1.82, 2.24) is 19.4 Å². The van der Waals surface area contributed by atoms with E-state index in [-0.39, 0.29) is 17.5 Å². The van der Waals surface area contributed by atoms with Gasteiger partial charge in [-0.1, -0.05) is 45.2 Å². The summed E-state index contributed by atoms with van der Waals surface area (Å²) >= 11 is 0. The number of fused-ring (bicyclic) bond motifs is 1.